The molecular weight excluding hydrogens is 400 g/mol. The molecule has 0 spiro atoms. The summed E-state index contributed by atoms with van der Waals surface area (Å²) in [5, 5.41) is 2.21. The Bertz CT molecular complexity index is 952. The van der Waals surface area contributed by atoms with E-state index in [1.165, 1.54) is 13.2 Å². The molecule has 26 heavy (non-hydrogen) atoms. The van der Waals surface area contributed by atoms with E-state index in [0.717, 1.165) is 9.37 Å². The number of halogens is 1. The molecule has 1 heterocycles. The van der Waals surface area contributed by atoms with Crippen molar-refractivity contribution < 1.29 is 19.1 Å². The van der Waals surface area contributed by atoms with Crippen LogP contribution in [0.1, 0.15) is 11.1 Å². The Labute approximate surface area is 158 Å². The summed E-state index contributed by atoms with van der Waals surface area (Å²) in [4.78, 5) is 38.4. The zero-order valence-corrected chi connectivity index (χ0v) is 15.7. The van der Waals surface area contributed by atoms with E-state index in [2.05, 4.69) is 21.2 Å². The molecule has 2 aromatic carbocycles. The van der Waals surface area contributed by atoms with Gasteiger partial charge in [-0.05, 0) is 42.8 Å². The first kappa shape index (κ1) is 17.9. The summed E-state index contributed by atoms with van der Waals surface area (Å²) in [7, 11) is 1.50. The van der Waals surface area contributed by atoms with Crippen molar-refractivity contribution in [2.75, 3.05) is 12.0 Å². The van der Waals surface area contributed by atoms with Gasteiger partial charge in [-0.25, -0.2) is 9.69 Å². The molecule has 0 aliphatic carbocycles. The second-order valence-electron chi connectivity index (χ2n) is 5.63. The Kier molecular flexibility index (Phi) is 4.90. The molecule has 0 bridgehead atoms. The minimum atomic E-state index is -0.775. The predicted molar refractivity (Wildman–Crippen MR) is 101 cm³/mol. The van der Waals surface area contributed by atoms with E-state index in [9.17, 15) is 14.4 Å². The smallest absolute Gasteiger partial charge is 0.335 e. The van der Waals surface area contributed by atoms with Crippen molar-refractivity contribution in [3.8, 4) is 5.75 Å². The largest absolute Gasteiger partial charge is 0.496 e. The van der Waals surface area contributed by atoms with E-state index in [1.807, 2.05) is 0 Å². The first-order valence-corrected chi connectivity index (χ1v) is 8.52. The number of imide groups is 2. The van der Waals surface area contributed by atoms with Crippen LogP contribution in [0.3, 0.4) is 0 Å². The molecule has 3 rings (SSSR count). The lowest BCUT2D eigenvalue weighted by Crippen LogP contribution is -2.54. The summed E-state index contributed by atoms with van der Waals surface area (Å²) in [6.45, 7) is 1.78. The minimum Gasteiger partial charge on any atom is -0.496 e. The summed E-state index contributed by atoms with van der Waals surface area (Å²) in [5.41, 5.74) is 1.55. The zero-order valence-electron chi connectivity index (χ0n) is 14.1. The number of hydrogen-bond acceptors (Lipinski definition) is 4. The number of carbonyl (C=O) groups is 3. The lowest BCUT2D eigenvalue weighted by molar-refractivity contribution is -0.122. The van der Waals surface area contributed by atoms with Gasteiger partial charge in [0.2, 0.25) is 0 Å². The Hall–Kier alpha value is -2.93. The fourth-order valence-electron chi connectivity index (χ4n) is 2.69. The number of carbonyl (C=O) groups excluding carboxylic acids is 3. The van der Waals surface area contributed by atoms with Crippen LogP contribution in [-0.2, 0) is 9.59 Å². The number of aryl methyl sites for hydroxylation is 1. The van der Waals surface area contributed by atoms with E-state index >= 15 is 0 Å². The maximum atomic E-state index is 12.9. The van der Waals surface area contributed by atoms with Gasteiger partial charge in [0.05, 0.1) is 12.8 Å². The molecule has 0 radical (unpaired) electrons. The molecule has 2 aromatic rings. The van der Waals surface area contributed by atoms with Crippen molar-refractivity contribution in [3.63, 3.8) is 0 Å². The third kappa shape index (κ3) is 3.25. The molecule has 6 nitrogen and oxygen atoms in total. The Morgan fingerprint density at radius 2 is 1.85 bits per heavy atom. The van der Waals surface area contributed by atoms with Crippen LogP contribution in [0, 0.1) is 6.92 Å². The molecule has 0 saturated carbocycles. The monoisotopic (exact) mass is 414 g/mol. The Morgan fingerprint density at radius 1 is 1.12 bits per heavy atom. The lowest BCUT2D eigenvalue weighted by Gasteiger charge is -2.27. The number of ether oxygens (including phenoxy) is 1. The average molecular weight is 415 g/mol. The molecule has 1 aliphatic rings. The number of methoxy groups -OCH3 is 1. The molecule has 0 unspecified atom stereocenters. The van der Waals surface area contributed by atoms with Gasteiger partial charge in [-0.2, -0.15) is 0 Å². The van der Waals surface area contributed by atoms with Crippen molar-refractivity contribution in [1.82, 2.24) is 5.32 Å². The highest BCUT2D eigenvalue weighted by Gasteiger charge is 2.37. The maximum absolute atomic E-state index is 12.9. The first-order chi connectivity index (χ1) is 12.4. The molecular formula is C19H15BrN2O4. The fraction of sp³-hybridized carbons (Fsp3) is 0.105. The predicted octanol–water partition coefficient (Wildman–Crippen LogP) is 3.43. The number of rotatable bonds is 3. The van der Waals surface area contributed by atoms with Crippen molar-refractivity contribution in [2.45, 2.75) is 6.92 Å². The van der Waals surface area contributed by atoms with Gasteiger partial charge >= 0.3 is 6.03 Å². The number of anilines is 1. The van der Waals surface area contributed by atoms with Crippen LogP contribution in [0.15, 0.2) is 52.5 Å². The van der Waals surface area contributed by atoms with E-state index < -0.39 is 17.8 Å². The molecule has 4 amide bonds. The van der Waals surface area contributed by atoms with Gasteiger partial charge in [-0.15, -0.1) is 0 Å². The van der Waals surface area contributed by atoms with Crippen LogP contribution in [0.4, 0.5) is 10.5 Å². The zero-order chi connectivity index (χ0) is 18.8. The van der Waals surface area contributed by atoms with Crippen molar-refractivity contribution in [3.05, 3.63) is 63.6 Å². The van der Waals surface area contributed by atoms with Gasteiger partial charge < -0.3 is 4.74 Å². The highest BCUT2D eigenvalue weighted by atomic mass is 79.9. The molecule has 7 heteroatoms. The van der Waals surface area contributed by atoms with Crippen molar-refractivity contribution >= 4 is 45.5 Å². The van der Waals surface area contributed by atoms with E-state index in [-0.39, 0.29) is 5.57 Å². The third-order valence-electron chi connectivity index (χ3n) is 3.94. The molecule has 1 N–H and O–H groups in total. The second-order valence-corrected chi connectivity index (χ2v) is 6.55. The summed E-state index contributed by atoms with van der Waals surface area (Å²) in [5.74, 6) is -0.907. The molecule has 0 aromatic heterocycles. The quantitative estimate of drug-likeness (QED) is 0.616. The van der Waals surface area contributed by atoms with Crippen LogP contribution in [0.5, 0.6) is 5.75 Å². The number of nitrogens with one attached hydrogen (secondary N) is 1. The Balaban J connectivity index is 2.07. The minimum absolute atomic E-state index is 0.142. The molecule has 1 saturated heterocycles. The van der Waals surface area contributed by atoms with Gasteiger partial charge in [-0.3, -0.25) is 14.9 Å². The van der Waals surface area contributed by atoms with E-state index in [1.54, 1.807) is 49.4 Å². The van der Waals surface area contributed by atoms with Crippen LogP contribution in [0.25, 0.3) is 6.08 Å². The van der Waals surface area contributed by atoms with Gasteiger partial charge in [0.25, 0.3) is 11.8 Å². The average Bonchev–Trinajstić information content (AvgIpc) is 2.60. The fourth-order valence-corrected chi connectivity index (χ4v) is 3.16. The first-order valence-electron chi connectivity index (χ1n) is 7.73. The number of amides is 4. The van der Waals surface area contributed by atoms with Crippen LogP contribution >= 0.6 is 15.9 Å². The van der Waals surface area contributed by atoms with Crippen LogP contribution in [0.2, 0.25) is 0 Å². The SMILES string of the molecule is COc1ccccc1/C=C1/C(=O)NC(=O)N(c2ccc(Br)cc2C)C1=O. The topological polar surface area (TPSA) is 75.7 Å². The number of urea groups is 1. The van der Waals surface area contributed by atoms with Gasteiger partial charge in [0, 0.05) is 10.0 Å². The Morgan fingerprint density at radius 3 is 2.54 bits per heavy atom. The molecule has 0 atom stereocenters. The standard InChI is InChI=1S/C19H15BrN2O4/c1-11-9-13(20)7-8-15(11)22-18(24)14(17(23)21-19(22)25)10-12-5-3-4-6-16(12)26-2/h3-10H,1-2H3,(H,21,23,25)/b14-10-. The number of hydrogen-bond donors (Lipinski definition) is 1. The number of para-hydroxylation sites is 1. The summed E-state index contributed by atoms with van der Waals surface area (Å²) in [6.07, 6.45) is 1.42. The molecule has 132 valence electrons. The lowest BCUT2D eigenvalue weighted by atomic mass is 10.1. The summed E-state index contributed by atoms with van der Waals surface area (Å²) >= 11 is 3.35. The second kappa shape index (κ2) is 7.13. The van der Waals surface area contributed by atoms with Gasteiger partial charge in [0.15, 0.2) is 0 Å². The third-order valence-corrected chi connectivity index (χ3v) is 4.43. The highest BCUT2D eigenvalue weighted by molar-refractivity contribution is 9.10. The van der Waals surface area contributed by atoms with Crippen LogP contribution < -0.4 is 15.0 Å². The molecule has 1 fully saturated rings. The van der Waals surface area contributed by atoms with Crippen molar-refractivity contribution in [1.29, 1.82) is 0 Å². The van der Waals surface area contributed by atoms with Gasteiger partial charge in [0.1, 0.15) is 11.3 Å². The van der Waals surface area contributed by atoms with Crippen molar-refractivity contribution in [2.24, 2.45) is 0 Å². The summed E-state index contributed by atoms with van der Waals surface area (Å²) < 4.78 is 6.07. The number of barbiturate groups is 1. The van der Waals surface area contributed by atoms with E-state index in [0.29, 0.717) is 22.6 Å². The number of nitrogens with zero attached hydrogens (tertiary/aromatic N) is 1. The highest BCUT2D eigenvalue weighted by Crippen LogP contribution is 2.28. The summed E-state index contributed by atoms with van der Waals surface area (Å²) in [6, 6.07) is 11.4. The van der Waals surface area contributed by atoms with Gasteiger partial charge in [-0.1, -0.05) is 34.1 Å². The normalized spacial score (nSPS) is 16.0. The number of benzene rings is 2. The van der Waals surface area contributed by atoms with Crippen LogP contribution in [-0.4, -0.2) is 25.0 Å². The molecule has 1 aliphatic heterocycles. The van der Waals surface area contributed by atoms with E-state index in [4.69, 9.17) is 4.74 Å². The maximum Gasteiger partial charge on any atom is 0.335 e.